The van der Waals surface area contributed by atoms with Gasteiger partial charge in [0.25, 0.3) is 0 Å². The molecule has 6 heteroatoms. The highest BCUT2D eigenvalue weighted by atomic mass is 16.6. The fourth-order valence-electron chi connectivity index (χ4n) is 8.91. The van der Waals surface area contributed by atoms with Crippen LogP contribution in [-0.2, 0) is 28.6 Å². The van der Waals surface area contributed by atoms with E-state index in [1.54, 1.807) is 0 Å². The predicted octanol–water partition coefficient (Wildman–Crippen LogP) is 22.2. The van der Waals surface area contributed by atoms with Gasteiger partial charge in [-0.25, -0.2) is 0 Å². The molecule has 0 aromatic carbocycles. The number of ether oxygens (including phenoxy) is 3. The lowest BCUT2D eigenvalue weighted by Crippen LogP contribution is -2.30. The third-order valence-electron chi connectivity index (χ3n) is 13.8. The zero-order valence-corrected chi connectivity index (χ0v) is 50.4. The summed E-state index contributed by atoms with van der Waals surface area (Å²) in [5.41, 5.74) is 0. The summed E-state index contributed by atoms with van der Waals surface area (Å²) in [5, 5.41) is 0. The molecule has 0 radical (unpaired) electrons. The normalized spacial score (nSPS) is 12.8. The number of esters is 3. The molecule has 0 rings (SSSR count). The molecule has 0 N–H and O–H groups in total. The summed E-state index contributed by atoms with van der Waals surface area (Å²) in [6.45, 7) is 6.49. The van der Waals surface area contributed by atoms with E-state index in [9.17, 15) is 14.4 Å². The molecule has 6 nitrogen and oxygen atoms in total. The predicted molar refractivity (Wildman–Crippen MR) is 334 cm³/mol. The Labute approximate surface area is 476 Å². The standard InChI is InChI=1S/C71H120O6/c1-4-7-10-13-16-19-22-25-28-29-30-31-32-33-34-35-36-37-38-39-40-41-42-43-44-47-49-52-55-58-61-64-70(73)76-67-68(77-71(74)65-62-59-56-53-50-46-27-24-21-18-15-12-9-6-3)66-75-69(72)63-60-57-54-51-48-45-26-23-20-17-14-11-8-5-2/h7,10,15-16,18-19,24-25,27-28,30-31,33-34,36-37,39-40,68H,4-6,8-9,11-14,17,20-23,26,29,32,35,38,41-67H2,1-3H3/b10-7-,18-15-,19-16-,27-24-,28-25-,31-30-,34-33-,37-36-,40-39-. The van der Waals surface area contributed by atoms with Crippen molar-refractivity contribution in [3.63, 3.8) is 0 Å². The SMILES string of the molecule is CC/C=C\C/C=C\C/C=C\C/C=C\C/C=C\C/C=C\C/C=C\CCCCCCCCCCCC(=O)OCC(COC(=O)CCCCCCCCCCCCCCCC)OC(=O)CCCCCCC/C=C\C/C=C\CCCC. The van der Waals surface area contributed by atoms with Crippen molar-refractivity contribution in [2.75, 3.05) is 13.2 Å². The van der Waals surface area contributed by atoms with Gasteiger partial charge in [-0.2, -0.15) is 0 Å². The minimum atomic E-state index is -0.788. The van der Waals surface area contributed by atoms with Crippen molar-refractivity contribution in [2.45, 2.75) is 309 Å². The lowest BCUT2D eigenvalue weighted by atomic mass is 10.0. The summed E-state index contributed by atoms with van der Waals surface area (Å²) < 4.78 is 16.9. The summed E-state index contributed by atoms with van der Waals surface area (Å²) in [6.07, 6.45) is 88.1. The van der Waals surface area contributed by atoms with E-state index in [2.05, 4.69) is 130 Å². The van der Waals surface area contributed by atoms with Crippen molar-refractivity contribution in [3.05, 3.63) is 109 Å². The minimum Gasteiger partial charge on any atom is -0.462 e. The minimum absolute atomic E-state index is 0.0831. The molecular weight excluding hydrogens is 949 g/mol. The van der Waals surface area contributed by atoms with Gasteiger partial charge in [0.05, 0.1) is 0 Å². The van der Waals surface area contributed by atoms with Gasteiger partial charge in [-0.15, -0.1) is 0 Å². The van der Waals surface area contributed by atoms with Gasteiger partial charge in [0.1, 0.15) is 13.2 Å². The molecule has 0 aromatic rings. The van der Waals surface area contributed by atoms with Gasteiger partial charge in [-0.3, -0.25) is 14.4 Å². The first-order chi connectivity index (χ1) is 38.0. The molecule has 0 aromatic heterocycles. The molecule has 440 valence electrons. The van der Waals surface area contributed by atoms with E-state index >= 15 is 0 Å². The highest BCUT2D eigenvalue weighted by molar-refractivity contribution is 5.71. The van der Waals surface area contributed by atoms with Crippen LogP contribution in [0.4, 0.5) is 0 Å². The lowest BCUT2D eigenvalue weighted by molar-refractivity contribution is -0.167. The van der Waals surface area contributed by atoms with Crippen molar-refractivity contribution < 1.29 is 28.6 Å². The summed E-state index contributed by atoms with van der Waals surface area (Å²) in [5.74, 6) is -0.895. The van der Waals surface area contributed by atoms with Crippen molar-refractivity contribution in [1.29, 1.82) is 0 Å². The molecule has 0 aliphatic rings. The number of allylic oxidation sites excluding steroid dienone is 18. The van der Waals surface area contributed by atoms with Crippen molar-refractivity contribution >= 4 is 17.9 Å². The van der Waals surface area contributed by atoms with Crippen LogP contribution in [0.5, 0.6) is 0 Å². The van der Waals surface area contributed by atoms with Crippen LogP contribution in [0.1, 0.15) is 303 Å². The molecule has 0 amide bonds. The Balaban J connectivity index is 4.27. The molecule has 1 unspecified atom stereocenters. The maximum absolute atomic E-state index is 12.9. The zero-order chi connectivity index (χ0) is 55.7. The Morgan fingerprint density at radius 3 is 0.831 bits per heavy atom. The first kappa shape index (κ1) is 73.1. The Hall–Kier alpha value is -3.93. The van der Waals surface area contributed by atoms with Crippen LogP contribution >= 0.6 is 0 Å². The van der Waals surface area contributed by atoms with Crippen LogP contribution in [0.3, 0.4) is 0 Å². The van der Waals surface area contributed by atoms with Gasteiger partial charge in [0.15, 0.2) is 6.10 Å². The summed E-state index contributed by atoms with van der Waals surface area (Å²) >= 11 is 0. The fraction of sp³-hybridized carbons (Fsp3) is 0.704. The molecule has 0 bridgehead atoms. The number of hydrogen-bond acceptors (Lipinski definition) is 6. The topological polar surface area (TPSA) is 78.9 Å². The van der Waals surface area contributed by atoms with Crippen LogP contribution in [0, 0.1) is 0 Å². The van der Waals surface area contributed by atoms with E-state index in [1.165, 1.54) is 128 Å². The van der Waals surface area contributed by atoms with Crippen LogP contribution in [-0.4, -0.2) is 37.2 Å². The maximum Gasteiger partial charge on any atom is 0.306 e. The van der Waals surface area contributed by atoms with Crippen molar-refractivity contribution in [3.8, 4) is 0 Å². The molecular formula is C71H120O6. The Bertz CT molecular complexity index is 1560. The average molecular weight is 1070 g/mol. The summed E-state index contributed by atoms with van der Waals surface area (Å²) in [4.78, 5) is 38.3. The smallest absolute Gasteiger partial charge is 0.306 e. The van der Waals surface area contributed by atoms with E-state index in [4.69, 9.17) is 14.2 Å². The average Bonchev–Trinajstić information content (AvgIpc) is 3.43. The van der Waals surface area contributed by atoms with E-state index < -0.39 is 6.10 Å². The molecule has 0 saturated heterocycles. The van der Waals surface area contributed by atoms with Crippen molar-refractivity contribution in [1.82, 2.24) is 0 Å². The largest absolute Gasteiger partial charge is 0.462 e. The molecule has 0 heterocycles. The van der Waals surface area contributed by atoms with Crippen LogP contribution in [0.2, 0.25) is 0 Å². The van der Waals surface area contributed by atoms with Gasteiger partial charge in [0.2, 0.25) is 0 Å². The molecule has 1 atom stereocenters. The number of rotatable bonds is 58. The van der Waals surface area contributed by atoms with E-state index in [1.807, 2.05) is 0 Å². The highest BCUT2D eigenvalue weighted by Gasteiger charge is 2.19. The molecule has 77 heavy (non-hydrogen) atoms. The first-order valence-electron chi connectivity index (χ1n) is 32.4. The maximum atomic E-state index is 12.9. The lowest BCUT2D eigenvalue weighted by Gasteiger charge is -2.18. The molecule has 0 fully saturated rings. The van der Waals surface area contributed by atoms with Crippen LogP contribution in [0.15, 0.2) is 109 Å². The fourth-order valence-corrected chi connectivity index (χ4v) is 8.91. The van der Waals surface area contributed by atoms with E-state index in [0.29, 0.717) is 19.3 Å². The second-order valence-electron chi connectivity index (χ2n) is 21.3. The van der Waals surface area contributed by atoms with Crippen molar-refractivity contribution in [2.24, 2.45) is 0 Å². The second kappa shape index (κ2) is 64.6. The second-order valence-corrected chi connectivity index (χ2v) is 21.3. The first-order valence-corrected chi connectivity index (χ1v) is 32.4. The molecule has 0 aliphatic heterocycles. The van der Waals surface area contributed by atoms with Gasteiger partial charge in [-0.05, 0) is 103 Å². The molecule has 0 aliphatic carbocycles. The third kappa shape index (κ3) is 62.8. The highest BCUT2D eigenvalue weighted by Crippen LogP contribution is 2.16. The summed E-state index contributed by atoms with van der Waals surface area (Å²) in [7, 11) is 0. The zero-order valence-electron chi connectivity index (χ0n) is 50.4. The number of carbonyl (C=O) groups excluding carboxylic acids is 3. The van der Waals surface area contributed by atoms with Gasteiger partial charge in [-0.1, -0.05) is 291 Å². The van der Waals surface area contributed by atoms with Gasteiger partial charge in [0, 0.05) is 19.3 Å². The quantitative estimate of drug-likeness (QED) is 0.0261. The third-order valence-corrected chi connectivity index (χ3v) is 13.8. The van der Waals surface area contributed by atoms with Gasteiger partial charge < -0.3 is 14.2 Å². The number of carbonyl (C=O) groups is 3. The molecule has 0 spiro atoms. The Kier molecular flexibility index (Phi) is 61.3. The Morgan fingerprint density at radius 2 is 0.519 bits per heavy atom. The summed E-state index contributed by atoms with van der Waals surface area (Å²) in [6, 6.07) is 0. The number of hydrogen-bond donors (Lipinski definition) is 0. The van der Waals surface area contributed by atoms with E-state index in [-0.39, 0.29) is 31.1 Å². The van der Waals surface area contributed by atoms with Crippen LogP contribution < -0.4 is 0 Å². The molecule has 0 saturated carbocycles. The monoisotopic (exact) mass is 1070 g/mol. The van der Waals surface area contributed by atoms with Gasteiger partial charge >= 0.3 is 17.9 Å². The van der Waals surface area contributed by atoms with Crippen LogP contribution in [0.25, 0.3) is 0 Å². The Morgan fingerprint density at radius 1 is 0.273 bits per heavy atom. The number of unbranched alkanes of at least 4 members (excludes halogenated alkanes) is 29. The van der Waals surface area contributed by atoms with E-state index in [0.717, 1.165) is 135 Å².